The Bertz CT molecular complexity index is 696. The summed E-state index contributed by atoms with van der Waals surface area (Å²) in [4.78, 5) is 48.4. The average Bonchev–Trinajstić information content (AvgIpc) is 2.64. The van der Waals surface area contributed by atoms with E-state index in [1.807, 2.05) is 25.1 Å². The molecule has 0 unspecified atom stereocenters. The van der Waals surface area contributed by atoms with Crippen molar-refractivity contribution in [1.29, 1.82) is 0 Å². The summed E-state index contributed by atoms with van der Waals surface area (Å²) in [6, 6.07) is 7.40. The van der Waals surface area contributed by atoms with E-state index in [9.17, 15) is 19.2 Å². The minimum atomic E-state index is -0.610. The normalized spacial score (nSPS) is 14.5. The molecule has 2 N–H and O–H groups in total. The molecule has 0 aromatic heterocycles. The van der Waals surface area contributed by atoms with Gasteiger partial charge in [-0.1, -0.05) is 18.2 Å². The molecule has 1 aromatic carbocycles. The molecule has 0 radical (unpaired) electrons. The van der Waals surface area contributed by atoms with E-state index in [0.29, 0.717) is 31.5 Å². The van der Waals surface area contributed by atoms with Gasteiger partial charge in [-0.3, -0.25) is 30.0 Å². The van der Waals surface area contributed by atoms with E-state index in [4.69, 9.17) is 4.74 Å². The number of rotatable bonds is 4. The number of aryl methyl sites for hydroxylation is 1. The Hall–Kier alpha value is -2.90. The summed E-state index contributed by atoms with van der Waals surface area (Å²) in [5, 5.41) is 0. The third-order valence-corrected chi connectivity index (χ3v) is 4.21. The van der Waals surface area contributed by atoms with Crippen LogP contribution in [-0.2, 0) is 19.1 Å². The van der Waals surface area contributed by atoms with E-state index >= 15 is 0 Å². The largest absolute Gasteiger partial charge is 0.455 e. The van der Waals surface area contributed by atoms with Gasteiger partial charge in [-0.15, -0.1) is 0 Å². The molecule has 2 rings (SSSR count). The number of piperidine rings is 1. The highest BCUT2D eigenvalue weighted by Gasteiger charge is 2.29. The van der Waals surface area contributed by atoms with Gasteiger partial charge in [0.15, 0.2) is 6.61 Å². The number of esters is 1. The fraction of sp³-hybridized carbons (Fsp3) is 0.444. The second kappa shape index (κ2) is 8.98. The smallest absolute Gasteiger partial charge is 0.309 e. The van der Waals surface area contributed by atoms with E-state index in [-0.39, 0.29) is 11.8 Å². The zero-order chi connectivity index (χ0) is 19.1. The predicted molar refractivity (Wildman–Crippen MR) is 92.7 cm³/mol. The molecule has 1 aliphatic rings. The molecule has 0 atom stereocenters. The number of nitrogens with zero attached hydrogens (tertiary/aromatic N) is 1. The molecule has 1 heterocycles. The monoisotopic (exact) mass is 361 g/mol. The number of hydrogen-bond donors (Lipinski definition) is 2. The zero-order valence-electron chi connectivity index (χ0n) is 14.9. The second-order valence-electron chi connectivity index (χ2n) is 6.22. The van der Waals surface area contributed by atoms with Crippen molar-refractivity contribution in [2.45, 2.75) is 26.7 Å². The van der Waals surface area contributed by atoms with E-state index in [0.717, 1.165) is 5.56 Å². The Morgan fingerprint density at radius 2 is 1.77 bits per heavy atom. The lowest BCUT2D eigenvalue weighted by Gasteiger charge is -2.31. The molecule has 1 aliphatic heterocycles. The molecule has 0 saturated carbocycles. The molecule has 26 heavy (non-hydrogen) atoms. The fourth-order valence-corrected chi connectivity index (χ4v) is 2.75. The minimum Gasteiger partial charge on any atom is -0.455 e. The van der Waals surface area contributed by atoms with Gasteiger partial charge in [-0.05, 0) is 31.4 Å². The van der Waals surface area contributed by atoms with Gasteiger partial charge < -0.3 is 9.64 Å². The maximum Gasteiger partial charge on any atom is 0.309 e. The quantitative estimate of drug-likeness (QED) is 0.602. The number of hydrogen-bond acceptors (Lipinski definition) is 5. The van der Waals surface area contributed by atoms with Gasteiger partial charge in [-0.2, -0.15) is 0 Å². The molecule has 8 nitrogen and oxygen atoms in total. The van der Waals surface area contributed by atoms with Crippen LogP contribution in [0.4, 0.5) is 0 Å². The SMILES string of the molecule is CC(=O)NNC(=O)COC(=O)C1CCN(C(=O)c2ccccc2C)CC1. The molecule has 0 bridgehead atoms. The van der Waals surface area contributed by atoms with Crippen LogP contribution in [-0.4, -0.2) is 48.3 Å². The molecule has 0 aliphatic carbocycles. The first-order chi connectivity index (χ1) is 12.4. The van der Waals surface area contributed by atoms with Crippen LogP contribution >= 0.6 is 0 Å². The standard InChI is InChI=1S/C18H23N3O5/c1-12-5-3-4-6-15(12)17(24)21-9-7-14(8-10-21)18(25)26-11-16(23)20-19-13(2)22/h3-6,14H,7-11H2,1-2H3,(H,19,22)(H,20,23). The number of carbonyl (C=O) groups is 4. The predicted octanol–water partition coefficient (Wildman–Crippen LogP) is 0.558. The number of nitrogens with one attached hydrogen (secondary N) is 2. The van der Waals surface area contributed by atoms with Crippen molar-refractivity contribution in [3.63, 3.8) is 0 Å². The first-order valence-electron chi connectivity index (χ1n) is 8.45. The summed E-state index contributed by atoms with van der Waals surface area (Å²) in [6.07, 6.45) is 0.980. The summed E-state index contributed by atoms with van der Waals surface area (Å²) in [6.45, 7) is 3.61. The van der Waals surface area contributed by atoms with Crippen molar-refractivity contribution in [1.82, 2.24) is 15.8 Å². The van der Waals surface area contributed by atoms with Gasteiger partial charge >= 0.3 is 5.97 Å². The van der Waals surface area contributed by atoms with Crippen molar-refractivity contribution < 1.29 is 23.9 Å². The maximum atomic E-state index is 12.6. The average molecular weight is 361 g/mol. The van der Waals surface area contributed by atoms with E-state index in [1.54, 1.807) is 11.0 Å². The Morgan fingerprint density at radius 1 is 1.12 bits per heavy atom. The summed E-state index contributed by atoms with van der Waals surface area (Å²) >= 11 is 0. The van der Waals surface area contributed by atoms with Gasteiger partial charge in [0, 0.05) is 25.6 Å². The lowest BCUT2D eigenvalue weighted by atomic mass is 9.96. The van der Waals surface area contributed by atoms with Gasteiger partial charge in [-0.25, -0.2) is 0 Å². The third-order valence-electron chi connectivity index (χ3n) is 4.21. The molecular formula is C18H23N3O5. The summed E-state index contributed by atoms with van der Waals surface area (Å²) in [7, 11) is 0. The Morgan fingerprint density at radius 3 is 2.38 bits per heavy atom. The van der Waals surface area contributed by atoms with Crippen LogP contribution in [0.3, 0.4) is 0 Å². The summed E-state index contributed by atoms with van der Waals surface area (Å²) < 4.78 is 4.97. The topological polar surface area (TPSA) is 105 Å². The Balaban J connectivity index is 1.78. The molecule has 140 valence electrons. The summed E-state index contributed by atoms with van der Waals surface area (Å²) in [5.41, 5.74) is 5.82. The molecule has 1 aromatic rings. The lowest BCUT2D eigenvalue weighted by Crippen LogP contribution is -2.43. The number of likely N-dealkylation sites (tertiary alicyclic amines) is 1. The highest BCUT2D eigenvalue weighted by molar-refractivity contribution is 5.95. The van der Waals surface area contributed by atoms with Crippen LogP contribution in [0.25, 0.3) is 0 Å². The van der Waals surface area contributed by atoms with E-state index < -0.39 is 24.4 Å². The zero-order valence-corrected chi connectivity index (χ0v) is 14.9. The van der Waals surface area contributed by atoms with Crippen molar-refractivity contribution in [3.05, 3.63) is 35.4 Å². The highest BCUT2D eigenvalue weighted by Crippen LogP contribution is 2.21. The first kappa shape index (κ1) is 19.4. The van der Waals surface area contributed by atoms with Crippen LogP contribution in [0, 0.1) is 12.8 Å². The van der Waals surface area contributed by atoms with Crippen LogP contribution in [0.5, 0.6) is 0 Å². The first-order valence-corrected chi connectivity index (χ1v) is 8.45. The number of benzene rings is 1. The van der Waals surface area contributed by atoms with Crippen molar-refractivity contribution in [2.24, 2.45) is 5.92 Å². The highest BCUT2D eigenvalue weighted by atomic mass is 16.5. The van der Waals surface area contributed by atoms with Gasteiger partial charge in [0.1, 0.15) is 0 Å². The number of carbonyl (C=O) groups excluding carboxylic acids is 4. The molecule has 1 saturated heterocycles. The van der Waals surface area contributed by atoms with Crippen LogP contribution in [0.2, 0.25) is 0 Å². The molecular weight excluding hydrogens is 338 g/mol. The van der Waals surface area contributed by atoms with Crippen LogP contribution in [0.1, 0.15) is 35.7 Å². The van der Waals surface area contributed by atoms with E-state index in [1.165, 1.54) is 6.92 Å². The van der Waals surface area contributed by atoms with Gasteiger partial charge in [0.05, 0.1) is 5.92 Å². The Labute approximate surface area is 151 Å². The second-order valence-corrected chi connectivity index (χ2v) is 6.22. The molecule has 1 fully saturated rings. The number of amides is 3. The van der Waals surface area contributed by atoms with Crippen LogP contribution in [0.15, 0.2) is 24.3 Å². The summed E-state index contributed by atoms with van der Waals surface area (Å²) in [5.74, 6) is -1.88. The van der Waals surface area contributed by atoms with Crippen molar-refractivity contribution in [2.75, 3.05) is 19.7 Å². The van der Waals surface area contributed by atoms with Crippen molar-refractivity contribution in [3.8, 4) is 0 Å². The molecule has 3 amide bonds. The van der Waals surface area contributed by atoms with Crippen molar-refractivity contribution >= 4 is 23.7 Å². The lowest BCUT2D eigenvalue weighted by molar-refractivity contribution is -0.154. The number of ether oxygens (including phenoxy) is 1. The van der Waals surface area contributed by atoms with Crippen LogP contribution < -0.4 is 10.9 Å². The molecule has 8 heteroatoms. The van der Waals surface area contributed by atoms with E-state index in [2.05, 4.69) is 10.9 Å². The molecule has 0 spiro atoms. The third kappa shape index (κ3) is 5.30. The van der Waals surface area contributed by atoms with Gasteiger partial charge in [0.25, 0.3) is 11.8 Å². The minimum absolute atomic E-state index is 0.0374. The number of hydrazine groups is 1. The van der Waals surface area contributed by atoms with Gasteiger partial charge in [0.2, 0.25) is 5.91 Å². The maximum absolute atomic E-state index is 12.6. The fourth-order valence-electron chi connectivity index (χ4n) is 2.75. The Kier molecular flexibility index (Phi) is 6.71.